The van der Waals surface area contributed by atoms with Crippen LogP contribution in [0.4, 0.5) is 0 Å². The molecule has 0 heterocycles. The highest BCUT2D eigenvalue weighted by Gasteiger charge is 2.07. The van der Waals surface area contributed by atoms with Crippen molar-refractivity contribution in [3.8, 4) is 0 Å². The van der Waals surface area contributed by atoms with Crippen molar-refractivity contribution >= 4 is 0 Å². The predicted octanol–water partition coefficient (Wildman–Crippen LogP) is 1.50. The van der Waals surface area contributed by atoms with Crippen LogP contribution in [0.15, 0.2) is 23.3 Å². The van der Waals surface area contributed by atoms with E-state index >= 15 is 0 Å². The molecule has 0 aliphatic heterocycles. The van der Waals surface area contributed by atoms with E-state index in [2.05, 4.69) is 24.4 Å². The zero-order valence-electron chi connectivity index (χ0n) is 7.89. The van der Waals surface area contributed by atoms with Crippen LogP contribution < -0.4 is 5.32 Å². The number of allylic oxidation sites excluding steroid dienone is 1. The van der Waals surface area contributed by atoms with Gasteiger partial charge in [0.2, 0.25) is 0 Å². The minimum Gasteiger partial charge on any atom is -0.380 e. The first kappa shape index (κ1) is 9.49. The first-order chi connectivity index (χ1) is 5.88. The fourth-order valence-electron chi connectivity index (χ4n) is 1.36. The molecular formula is C10H17NO. The molecule has 0 spiro atoms. The van der Waals surface area contributed by atoms with E-state index in [0.29, 0.717) is 0 Å². The Morgan fingerprint density at radius 3 is 3.08 bits per heavy atom. The number of nitrogens with one attached hydrogen (secondary N) is 1. The second-order valence-electron chi connectivity index (χ2n) is 2.95. The lowest BCUT2D eigenvalue weighted by atomic mass is 10.1. The second-order valence-corrected chi connectivity index (χ2v) is 2.95. The summed E-state index contributed by atoms with van der Waals surface area (Å²) in [4.78, 5) is 0. The van der Waals surface area contributed by atoms with Crippen molar-refractivity contribution in [3.63, 3.8) is 0 Å². The van der Waals surface area contributed by atoms with Gasteiger partial charge in [-0.2, -0.15) is 0 Å². The molecule has 0 atom stereocenters. The lowest BCUT2D eigenvalue weighted by Gasteiger charge is -2.06. The number of hydrogen-bond acceptors (Lipinski definition) is 2. The van der Waals surface area contributed by atoms with Gasteiger partial charge in [-0.3, -0.25) is 0 Å². The van der Waals surface area contributed by atoms with Gasteiger partial charge in [-0.1, -0.05) is 19.1 Å². The minimum absolute atomic E-state index is 0.772. The van der Waals surface area contributed by atoms with Crippen LogP contribution in [0.5, 0.6) is 0 Å². The Balaban J connectivity index is 2.44. The van der Waals surface area contributed by atoms with E-state index in [4.69, 9.17) is 4.74 Å². The summed E-state index contributed by atoms with van der Waals surface area (Å²) in [7, 11) is 1.75. The van der Waals surface area contributed by atoms with Crippen LogP contribution in [0.1, 0.15) is 13.3 Å². The third-order valence-corrected chi connectivity index (χ3v) is 2.02. The summed E-state index contributed by atoms with van der Waals surface area (Å²) in [5.41, 5.74) is 2.82. The van der Waals surface area contributed by atoms with Gasteiger partial charge in [-0.15, -0.1) is 0 Å². The van der Waals surface area contributed by atoms with Crippen molar-refractivity contribution in [1.82, 2.24) is 5.32 Å². The van der Waals surface area contributed by atoms with Gasteiger partial charge >= 0.3 is 0 Å². The van der Waals surface area contributed by atoms with E-state index in [1.807, 2.05) is 0 Å². The molecule has 0 aromatic heterocycles. The van der Waals surface area contributed by atoms with Crippen LogP contribution >= 0.6 is 0 Å². The van der Waals surface area contributed by atoms with E-state index in [0.717, 1.165) is 26.1 Å². The van der Waals surface area contributed by atoms with E-state index in [9.17, 15) is 0 Å². The van der Waals surface area contributed by atoms with Crippen LogP contribution in [0.25, 0.3) is 0 Å². The Bertz CT molecular complexity index is 194. The second kappa shape index (κ2) is 5.12. The van der Waals surface area contributed by atoms with E-state index in [-0.39, 0.29) is 0 Å². The molecule has 0 aromatic rings. The largest absolute Gasteiger partial charge is 0.380 e. The number of likely N-dealkylation sites (N-methyl/N-ethyl adjacent to an activating group) is 1. The van der Waals surface area contributed by atoms with Crippen LogP contribution in [0.3, 0.4) is 0 Å². The Morgan fingerprint density at radius 2 is 2.42 bits per heavy atom. The van der Waals surface area contributed by atoms with Crippen LogP contribution in [-0.4, -0.2) is 26.8 Å². The molecule has 0 bridgehead atoms. The molecule has 2 heteroatoms. The monoisotopic (exact) mass is 167 g/mol. The smallest absolute Gasteiger partial charge is 0.0682 e. The summed E-state index contributed by atoms with van der Waals surface area (Å²) >= 11 is 0. The highest BCUT2D eigenvalue weighted by atomic mass is 16.5. The Hall–Kier alpha value is -0.600. The molecule has 1 aliphatic carbocycles. The minimum atomic E-state index is 0.772. The van der Waals surface area contributed by atoms with Crippen molar-refractivity contribution in [3.05, 3.63) is 23.3 Å². The average Bonchev–Trinajstić information content (AvgIpc) is 2.50. The van der Waals surface area contributed by atoms with Gasteiger partial charge in [0.25, 0.3) is 0 Å². The molecule has 0 radical (unpaired) electrons. The van der Waals surface area contributed by atoms with Crippen LogP contribution in [0.2, 0.25) is 0 Å². The molecule has 1 N–H and O–H groups in total. The van der Waals surface area contributed by atoms with Gasteiger partial charge in [0.15, 0.2) is 0 Å². The Labute approximate surface area is 74.3 Å². The maximum atomic E-state index is 5.11. The number of ether oxygens (including phenoxy) is 1. The quantitative estimate of drug-likeness (QED) is 0.670. The molecule has 0 amide bonds. The molecule has 0 unspecified atom stereocenters. The highest BCUT2D eigenvalue weighted by Crippen LogP contribution is 2.18. The summed E-state index contributed by atoms with van der Waals surface area (Å²) in [6.07, 6.45) is 5.45. The van der Waals surface area contributed by atoms with Gasteiger partial charge in [-0.05, 0) is 24.1 Å². The van der Waals surface area contributed by atoms with Crippen molar-refractivity contribution in [2.75, 3.05) is 26.8 Å². The Kier molecular flexibility index (Phi) is 4.05. The van der Waals surface area contributed by atoms with E-state index in [1.165, 1.54) is 11.1 Å². The summed E-state index contributed by atoms with van der Waals surface area (Å²) in [5, 5.41) is 3.31. The average molecular weight is 167 g/mol. The van der Waals surface area contributed by atoms with E-state index in [1.54, 1.807) is 7.11 Å². The fraction of sp³-hybridized carbons (Fsp3) is 0.600. The van der Waals surface area contributed by atoms with Gasteiger partial charge < -0.3 is 10.1 Å². The molecule has 0 saturated carbocycles. The molecule has 2 nitrogen and oxygen atoms in total. The summed E-state index contributed by atoms with van der Waals surface area (Å²) in [6, 6.07) is 0. The molecule has 1 rings (SSSR count). The summed E-state index contributed by atoms with van der Waals surface area (Å²) in [6.45, 7) is 4.90. The lowest BCUT2D eigenvalue weighted by Crippen LogP contribution is -2.16. The maximum Gasteiger partial charge on any atom is 0.0682 e. The third kappa shape index (κ3) is 2.47. The molecule has 0 fully saturated rings. The third-order valence-electron chi connectivity index (χ3n) is 2.02. The molecule has 0 aromatic carbocycles. The van der Waals surface area contributed by atoms with Crippen LogP contribution in [-0.2, 0) is 4.74 Å². The zero-order valence-corrected chi connectivity index (χ0v) is 7.89. The fourth-order valence-corrected chi connectivity index (χ4v) is 1.36. The summed E-state index contributed by atoms with van der Waals surface area (Å²) in [5.74, 6) is 0. The van der Waals surface area contributed by atoms with Crippen molar-refractivity contribution in [1.29, 1.82) is 0 Å². The van der Waals surface area contributed by atoms with Crippen molar-refractivity contribution < 1.29 is 4.74 Å². The summed E-state index contributed by atoms with van der Waals surface area (Å²) < 4.78 is 5.11. The SMILES string of the molecule is CCNCC1=C(COC)CC=C1. The van der Waals surface area contributed by atoms with Gasteiger partial charge in [0, 0.05) is 13.7 Å². The molecule has 12 heavy (non-hydrogen) atoms. The highest BCUT2D eigenvalue weighted by molar-refractivity contribution is 5.35. The van der Waals surface area contributed by atoms with Gasteiger partial charge in [0.1, 0.15) is 0 Å². The molecular weight excluding hydrogens is 150 g/mol. The van der Waals surface area contributed by atoms with Gasteiger partial charge in [-0.25, -0.2) is 0 Å². The van der Waals surface area contributed by atoms with E-state index < -0.39 is 0 Å². The standard InChI is InChI=1S/C10H17NO/c1-3-11-7-9-5-4-6-10(9)8-12-2/h4-5,11H,3,6-8H2,1-2H3. The van der Waals surface area contributed by atoms with Crippen LogP contribution in [0, 0.1) is 0 Å². The number of methoxy groups -OCH3 is 1. The molecule has 0 saturated heterocycles. The number of hydrogen-bond donors (Lipinski definition) is 1. The maximum absolute atomic E-state index is 5.11. The topological polar surface area (TPSA) is 21.3 Å². The first-order valence-electron chi connectivity index (χ1n) is 4.45. The number of rotatable bonds is 5. The molecule has 1 aliphatic rings. The molecule has 68 valence electrons. The normalized spacial score (nSPS) is 16.2. The Morgan fingerprint density at radius 1 is 1.58 bits per heavy atom. The first-order valence-corrected chi connectivity index (χ1v) is 4.45. The van der Waals surface area contributed by atoms with Crippen molar-refractivity contribution in [2.45, 2.75) is 13.3 Å². The van der Waals surface area contributed by atoms with Crippen molar-refractivity contribution in [2.24, 2.45) is 0 Å². The predicted molar refractivity (Wildman–Crippen MR) is 51.2 cm³/mol. The van der Waals surface area contributed by atoms with Gasteiger partial charge in [0.05, 0.1) is 6.61 Å². The zero-order chi connectivity index (χ0) is 8.81. The lowest BCUT2D eigenvalue weighted by molar-refractivity contribution is 0.224.